The maximum atomic E-state index is 4.09. The van der Waals surface area contributed by atoms with Crippen LogP contribution in [0.25, 0.3) is 0 Å². The molecule has 0 aromatic heterocycles. The number of rotatable bonds is 0. The molecule has 12 heavy (non-hydrogen) atoms. The van der Waals surface area contributed by atoms with E-state index in [1.807, 2.05) is 0 Å². The maximum absolute atomic E-state index is 4.09. The van der Waals surface area contributed by atoms with E-state index in [0.29, 0.717) is 11.0 Å². The Hall–Kier alpha value is -0.460. The molecule has 2 saturated heterocycles. The number of hydrogen-bond acceptors (Lipinski definition) is 1. The van der Waals surface area contributed by atoms with Crippen molar-refractivity contribution in [2.24, 2.45) is 5.41 Å². The Kier molecular flexibility index (Phi) is 1.40. The summed E-state index contributed by atoms with van der Waals surface area (Å²) in [5.74, 6) is 0. The molecule has 2 rings (SSSR count). The fourth-order valence-electron chi connectivity index (χ4n) is 2.91. The van der Waals surface area contributed by atoms with Gasteiger partial charge in [-0.25, -0.2) is 0 Å². The first-order chi connectivity index (χ1) is 5.47. The Labute approximate surface area is 75.4 Å². The lowest BCUT2D eigenvalue weighted by Gasteiger charge is -2.58. The van der Waals surface area contributed by atoms with Gasteiger partial charge in [-0.15, -0.1) is 0 Å². The minimum Gasteiger partial charge on any atom is -0.369 e. The second-order valence-electron chi connectivity index (χ2n) is 5.28. The molecule has 2 aliphatic rings. The second kappa shape index (κ2) is 2.07. The highest BCUT2D eigenvalue weighted by Crippen LogP contribution is 2.56. The van der Waals surface area contributed by atoms with E-state index in [1.165, 1.54) is 31.5 Å². The topological polar surface area (TPSA) is 3.24 Å². The van der Waals surface area contributed by atoms with Crippen molar-refractivity contribution in [2.75, 3.05) is 6.54 Å². The fourth-order valence-corrected chi connectivity index (χ4v) is 2.91. The van der Waals surface area contributed by atoms with Crippen LogP contribution in [0.3, 0.4) is 0 Å². The van der Waals surface area contributed by atoms with E-state index < -0.39 is 0 Å². The zero-order valence-electron chi connectivity index (χ0n) is 8.48. The van der Waals surface area contributed by atoms with Crippen LogP contribution in [0.4, 0.5) is 0 Å². The van der Waals surface area contributed by atoms with Gasteiger partial charge in [-0.2, -0.15) is 0 Å². The van der Waals surface area contributed by atoms with Crippen LogP contribution in [0, 0.1) is 5.41 Å². The molecular formula is C11H19N. The van der Waals surface area contributed by atoms with Crippen LogP contribution < -0.4 is 0 Å². The first kappa shape index (κ1) is 8.15. The van der Waals surface area contributed by atoms with Gasteiger partial charge in [-0.1, -0.05) is 27.4 Å². The average molecular weight is 165 g/mol. The lowest BCUT2D eigenvalue weighted by atomic mass is 9.65. The van der Waals surface area contributed by atoms with Crippen LogP contribution in [0.2, 0.25) is 0 Å². The van der Waals surface area contributed by atoms with E-state index in [4.69, 9.17) is 0 Å². The van der Waals surface area contributed by atoms with Crippen LogP contribution in [-0.2, 0) is 0 Å². The molecule has 0 aromatic carbocycles. The summed E-state index contributed by atoms with van der Waals surface area (Å²) in [6, 6.07) is 0. The molecule has 0 radical (unpaired) electrons. The van der Waals surface area contributed by atoms with Crippen LogP contribution >= 0.6 is 0 Å². The van der Waals surface area contributed by atoms with Crippen molar-refractivity contribution in [2.45, 2.75) is 45.6 Å². The number of nitrogens with zero attached hydrogens (tertiary/aromatic N) is 1. The van der Waals surface area contributed by atoms with E-state index in [2.05, 4.69) is 32.3 Å². The van der Waals surface area contributed by atoms with Gasteiger partial charge in [0.2, 0.25) is 0 Å². The molecule has 0 amide bonds. The summed E-state index contributed by atoms with van der Waals surface area (Å²) in [7, 11) is 0. The quantitative estimate of drug-likeness (QED) is 0.533. The van der Waals surface area contributed by atoms with Crippen molar-refractivity contribution in [1.29, 1.82) is 0 Å². The fraction of sp³-hybridized carbons (Fsp3) is 0.818. The summed E-state index contributed by atoms with van der Waals surface area (Å²) in [6.07, 6.45) is 3.96. The summed E-state index contributed by atoms with van der Waals surface area (Å²) in [5, 5.41) is 0. The molecule has 0 N–H and O–H groups in total. The highest BCUT2D eigenvalue weighted by molar-refractivity contribution is 5.25. The van der Waals surface area contributed by atoms with E-state index in [-0.39, 0.29) is 0 Å². The summed E-state index contributed by atoms with van der Waals surface area (Å²) in [6.45, 7) is 12.4. The third-order valence-electron chi connectivity index (χ3n) is 3.76. The van der Waals surface area contributed by atoms with Gasteiger partial charge in [0, 0.05) is 18.7 Å². The Morgan fingerprint density at radius 1 is 1.42 bits per heavy atom. The van der Waals surface area contributed by atoms with Gasteiger partial charge in [-0.3, -0.25) is 0 Å². The van der Waals surface area contributed by atoms with E-state index in [1.54, 1.807) is 0 Å². The van der Waals surface area contributed by atoms with E-state index >= 15 is 0 Å². The van der Waals surface area contributed by atoms with Gasteiger partial charge in [0.1, 0.15) is 0 Å². The van der Waals surface area contributed by atoms with Gasteiger partial charge >= 0.3 is 0 Å². The smallest absolute Gasteiger partial charge is 0.0502 e. The Balaban J connectivity index is 2.28. The second-order valence-corrected chi connectivity index (χ2v) is 5.28. The van der Waals surface area contributed by atoms with Gasteiger partial charge < -0.3 is 4.90 Å². The zero-order valence-corrected chi connectivity index (χ0v) is 8.48. The highest BCUT2D eigenvalue weighted by atomic mass is 15.3. The average Bonchev–Trinajstić information content (AvgIpc) is 2.24. The minimum absolute atomic E-state index is 0.421. The SMILES string of the molecule is C=C1CC2(C(C)(C)C)CCCN12. The van der Waals surface area contributed by atoms with Crippen molar-refractivity contribution in [1.82, 2.24) is 4.90 Å². The highest BCUT2D eigenvalue weighted by Gasteiger charge is 2.56. The largest absolute Gasteiger partial charge is 0.369 e. The van der Waals surface area contributed by atoms with E-state index in [9.17, 15) is 0 Å². The summed E-state index contributed by atoms with van der Waals surface area (Å²) in [4.78, 5) is 2.53. The minimum atomic E-state index is 0.421. The predicted octanol–water partition coefficient (Wildman–Crippen LogP) is 2.78. The third kappa shape index (κ3) is 0.746. The van der Waals surface area contributed by atoms with Crippen molar-refractivity contribution >= 4 is 0 Å². The zero-order chi connectivity index (χ0) is 8.98. The maximum Gasteiger partial charge on any atom is 0.0502 e. The van der Waals surface area contributed by atoms with Crippen molar-refractivity contribution in [3.05, 3.63) is 12.3 Å². The molecule has 1 heteroatoms. The number of fused-ring (bicyclic) bond motifs is 1. The summed E-state index contributed by atoms with van der Waals surface area (Å²) < 4.78 is 0. The molecule has 0 spiro atoms. The molecule has 1 unspecified atom stereocenters. The molecule has 2 fully saturated rings. The molecule has 2 aliphatic heterocycles. The van der Waals surface area contributed by atoms with Crippen molar-refractivity contribution in [3.8, 4) is 0 Å². The monoisotopic (exact) mass is 165 g/mol. The molecule has 0 aromatic rings. The molecule has 0 aliphatic carbocycles. The molecule has 68 valence electrons. The number of hydrogen-bond donors (Lipinski definition) is 0. The molecule has 0 saturated carbocycles. The van der Waals surface area contributed by atoms with Crippen LogP contribution in [0.5, 0.6) is 0 Å². The van der Waals surface area contributed by atoms with Crippen LogP contribution in [0.1, 0.15) is 40.0 Å². The molecule has 0 bridgehead atoms. The van der Waals surface area contributed by atoms with Gasteiger partial charge in [0.15, 0.2) is 0 Å². The summed E-state index contributed by atoms with van der Waals surface area (Å²) in [5.41, 5.74) is 2.26. The third-order valence-corrected chi connectivity index (χ3v) is 3.76. The van der Waals surface area contributed by atoms with Crippen LogP contribution in [0.15, 0.2) is 12.3 Å². The lowest BCUT2D eigenvalue weighted by Crippen LogP contribution is -2.60. The van der Waals surface area contributed by atoms with E-state index in [0.717, 1.165) is 0 Å². The van der Waals surface area contributed by atoms with Crippen LogP contribution in [-0.4, -0.2) is 17.0 Å². The predicted molar refractivity (Wildman–Crippen MR) is 51.9 cm³/mol. The standard InChI is InChI=1S/C11H19N/c1-9-8-11(10(2,3)4)6-5-7-12(9)11/h1,5-8H2,2-4H3. The van der Waals surface area contributed by atoms with Gasteiger partial charge in [-0.05, 0) is 18.3 Å². The normalized spacial score (nSPS) is 34.9. The van der Waals surface area contributed by atoms with Crippen molar-refractivity contribution in [3.63, 3.8) is 0 Å². The van der Waals surface area contributed by atoms with Crippen molar-refractivity contribution < 1.29 is 0 Å². The van der Waals surface area contributed by atoms with Gasteiger partial charge in [0.05, 0.1) is 5.54 Å². The molecule has 2 heterocycles. The molecular weight excluding hydrogens is 146 g/mol. The van der Waals surface area contributed by atoms with Gasteiger partial charge in [0.25, 0.3) is 0 Å². The Morgan fingerprint density at radius 2 is 2.08 bits per heavy atom. The molecule has 1 atom stereocenters. The molecule has 1 nitrogen and oxygen atoms in total. The lowest BCUT2D eigenvalue weighted by molar-refractivity contribution is -0.0152. The Bertz CT molecular complexity index is 224. The first-order valence-corrected chi connectivity index (χ1v) is 4.93. The summed E-state index contributed by atoms with van der Waals surface area (Å²) >= 11 is 0. The Morgan fingerprint density at radius 3 is 2.50 bits per heavy atom. The first-order valence-electron chi connectivity index (χ1n) is 4.93.